The van der Waals surface area contributed by atoms with Gasteiger partial charge in [0, 0.05) is 13.2 Å². The number of hydrogen-bond acceptors (Lipinski definition) is 3. The Morgan fingerprint density at radius 1 is 1.32 bits per heavy atom. The van der Waals surface area contributed by atoms with E-state index in [9.17, 15) is 4.39 Å². The summed E-state index contributed by atoms with van der Waals surface area (Å²) < 4.78 is 24.0. The summed E-state index contributed by atoms with van der Waals surface area (Å²) >= 11 is 0. The van der Waals surface area contributed by atoms with E-state index in [1.54, 1.807) is 12.1 Å². The first kappa shape index (κ1) is 14.4. The maximum absolute atomic E-state index is 12.9. The molecular weight excluding hydrogens is 245 g/mol. The lowest BCUT2D eigenvalue weighted by Crippen LogP contribution is -2.29. The third-order valence-electron chi connectivity index (χ3n) is 3.70. The van der Waals surface area contributed by atoms with Crippen molar-refractivity contribution >= 4 is 0 Å². The van der Waals surface area contributed by atoms with Crippen LogP contribution >= 0.6 is 0 Å². The van der Waals surface area contributed by atoms with Crippen molar-refractivity contribution in [2.45, 2.75) is 31.9 Å². The molecule has 0 bridgehead atoms. The van der Waals surface area contributed by atoms with E-state index >= 15 is 0 Å². The molecule has 0 aromatic heterocycles. The number of halogens is 1. The molecule has 1 aromatic carbocycles. The standard InChI is InChI=1S/C15H22FNO2/c1-11(19-10-12-6-8-18-9-7-12)15(17)13-2-4-14(16)5-3-13/h2-5,11-12,15H,6-10,17H2,1H3. The second kappa shape index (κ2) is 6.98. The van der Waals surface area contributed by atoms with Crippen LogP contribution in [0, 0.1) is 11.7 Å². The average molecular weight is 267 g/mol. The highest BCUT2D eigenvalue weighted by atomic mass is 19.1. The first-order chi connectivity index (χ1) is 9.16. The third kappa shape index (κ3) is 4.27. The minimum atomic E-state index is -0.244. The predicted molar refractivity (Wildman–Crippen MR) is 72.3 cm³/mol. The van der Waals surface area contributed by atoms with Gasteiger partial charge in [0.25, 0.3) is 0 Å². The van der Waals surface area contributed by atoms with Gasteiger partial charge in [0.1, 0.15) is 5.82 Å². The summed E-state index contributed by atoms with van der Waals surface area (Å²) in [6.07, 6.45) is 2.03. The van der Waals surface area contributed by atoms with E-state index in [-0.39, 0.29) is 18.0 Å². The fraction of sp³-hybridized carbons (Fsp3) is 0.600. The summed E-state index contributed by atoms with van der Waals surface area (Å²) in [5.74, 6) is 0.323. The lowest BCUT2D eigenvalue weighted by atomic mass is 10.0. The van der Waals surface area contributed by atoms with Crippen molar-refractivity contribution in [2.75, 3.05) is 19.8 Å². The zero-order valence-corrected chi connectivity index (χ0v) is 11.3. The normalized spacial score (nSPS) is 20.2. The van der Waals surface area contributed by atoms with Crippen molar-refractivity contribution in [3.05, 3.63) is 35.6 Å². The number of benzene rings is 1. The molecule has 0 radical (unpaired) electrons. The van der Waals surface area contributed by atoms with Gasteiger partial charge in [-0.3, -0.25) is 0 Å². The Hall–Kier alpha value is -0.970. The molecule has 1 aliphatic heterocycles. The van der Waals surface area contributed by atoms with Gasteiger partial charge in [-0.05, 0) is 43.4 Å². The van der Waals surface area contributed by atoms with Crippen molar-refractivity contribution in [1.29, 1.82) is 0 Å². The van der Waals surface area contributed by atoms with Crippen LogP contribution in [0.3, 0.4) is 0 Å². The highest BCUT2D eigenvalue weighted by Crippen LogP contribution is 2.20. The SMILES string of the molecule is CC(OCC1CCOCC1)C(N)c1ccc(F)cc1. The molecule has 106 valence electrons. The maximum atomic E-state index is 12.9. The summed E-state index contributed by atoms with van der Waals surface area (Å²) in [6.45, 7) is 4.34. The van der Waals surface area contributed by atoms with E-state index < -0.39 is 0 Å². The van der Waals surface area contributed by atoms with E-state index in [2.05, 4.69) is 0 Å². The molecule has 1 aliphatic rings. The Balaban J connectivity index is 1.81. The third-order valence-corrected chi connectivity index (χ3v) is 3.70. The monoisotopic (exact) mass is 267 g/mol. The highest BCUT2D eigenvalue weighted by molar-refractivity contribution is 5.20. The van der Waals surface area contributed by atoms with Crippen molar-refractivity contribution in [3.8, 4) is 0 Å². The summed E-state index contributed by atoms with van der Waals surface area (Å²) in [7, 11) is 0. The van der Waals surface area contributed by atoms with Crippen LogP contribution in [0.15, 0.2) is 24.3 Å². The second-order valence-corrected chi connectivity index (χ2v) is 5.17. The molecule has 19 heavy (non-hydrogen) atoms. The highest BCUT2D eigenvalue weighted by Gasteiger charge is 2.19. The fourth-order valence-corrected chi connectivity index (χ4v) is 2.26. The minimum absolute atomic E-state index is 0.0756. The smallest absolute Gasteiger partial charge is 0.123 e. The molecule has 1 saturated heterocycles. The molecule has 2 rings (SSSR count). The van der Waals surface area contributed by atoms with Crippen LogP contribution in [0.4, 0.5) is 4.39 Å². The molecule has 4 heteroatoms. The largest absolute Gasteiger partial charge is 0.381 e. The van der Waals surface area contributed by atoms with Crippen LogP contribution in [-0.4, -0.2) is 25.9 Å². The van der Waals surface area contributed by atoms with Crippen LogP contribution in [-0.2, 0) is 9.47 Å². The quantitative estimate of drug-likeness (QED) is 0.892. The van der Waals surface area contributed by atoms with Gasteiger partial charge >= 0.3 is 0 Å². The summed E-state index contributed by atoms with van der Waals surface area (Å²) in [5, 5.41) is 0. The van der Waals surface area contributed by atoms with E-state index in [4.69, 9.17) is 15.2 Å². The lowest BCUT2D eigenvalue weighted by Gasteiger charge is -2.26. The van der Waals surface area contributed by atoms with E-state index in [0.717, 1.165) is 38.2 Å². The van der Waals surface area contributed by atoms with Gasteiger partial charge in [0.15, 0.2) is 0 Å². The molecule has 1 heterocycles. The molecule has 1 aromatic rings. The fourth-order valence-electron chi connectivity index (χ4n) is 2.26. The second-order valence-electron chi connectivity index (χ2n) is 5.17. The van der Waals surface area contributed by atoms with Crippen molar-refractivity contribution in [3.63, 3.8) is 0 Å². The van der Waals surface area contributed by atoms with E-state index in [1.165, 1.54) is 12.1 Å². The zero-order chi connectivity index (χ0) is 13.7. The van der Waals surface area contributed by atoms with Crippen molar-refractivity contribution in [1.82, 2.24) is 0 Å². The zero-order valence-electron chi connectivity index (χ0n) is 11.3. The van der Waals surface area contributed by atoms with Crippen LogP contribution in [0.5, 0.6) is 0 Å². The summed E-state index contributed by atoms with van der Waals surface area (Å²) in [5.41, 5.74) is 7.04. The Labute approximate surface area is 113 Å². The first-order valence-electron chi connectivity index (χ1n) is 6.87. The summed E-state index contributed by atoms with van der Waals surface area (Å²) in [6, 6.07) is 6.07. The number of ether oxygens (including phenoxy) is 2. The van der Waals surface area contributed by atoms with Gasteiger partial charge in [0.2, 0.25) is 0 Å². The summed E-state index contributed by atoms with van der Waals surface area (Å²) in [4.78, 5) is 0. The molecule has 0 spiro atoms. The van der Waals surface area contributed by atoms with Crippen molar-refractivity contribution in [2.24, 2.45) is 11.7 Å². The number of rotatable bonds is 5. The molecule has 0 aliphatic carbocycles. The first-order valence-corrected chi connectivity index (χ1v) is 6.87. The molecule has 2 N–H and O–H groups in total. The molecule has 3 nitrogen and oxygen atoms in total. The maximum Gasteiger partial charge on any atom is 0.123 e. The van der Waals surface area contributed by atoms with Crippen LogP contribution in [0.1, 0.15) is 31.4 Å². The van der Waals surface area contributed by atoms with E-state index in [1.807, 2.05) is 6.92 Å². The molecule has 2 unspecified atom stereocenters. The molecule has 0 saturated carbocycles. The topological polar surface area (TPSA) is 44.5 Å². The predicted octanol–water partition coefficient (Wildman–Crippen LogP) is 2.66. The van der Waals surface area contributed by atoms with Gasteiger partial charge in [-0.2, -0.15) is 0 Å². The van der Waals surface area contributed by atoms with Crippen LogP contribution in [0.2, 0.25) is 0 Å². The number of hydrogen-bond donors (Lipinski definition) is 1. The minimum Gasteiger partial charge on any atom is -0.381 e. The Kier molecular flexibility index (Phi) is 5.31. The Morgan fingerprint density at radius 3 is 2.58 bits per heavy atom. The molecular formula is C15H22FNO2. The number of nitrogens with two attached hydrogens (primary N) is 1. The van der Waals surface area contributed by atoms with Gasteiger partial charge in [-0.1, -0.05) is 12.1 Å². The molecule has 0 amide bonds. The molecule has 2 atom stereocenters. The van der Waals surface area contributed by atoms with Crippen molar-refractivity contribution < 1.29 is 13.9 Å². The van der Waals surface area contributed by atoms with Gasteiger partial charge < -0.3 is 15.2 Å². The Morgan fingerprint density at radius 2 is 1.95 bits per heavy atom. The van der Waals surface area contributed by atoms with Crippen LogP contribution < -0.4 is 5.73 Å². The molecule has 1 fully saturated rings. The van der Waals surface area contributed by atoms with Gasteiger partial charge in [0.05, 0.1) is 18.8 Å². The van der Waals surface area contributed by atoms with E-state index in [0.29, 0.717) is 5.92 Å². The average Bonchev–Trinajstić information content (AvgIpc) is 2.46. The van der Waals surface area contributed by atoms with Gasteiger partial charge in [-0.25, -0.2) is 4.39 Å². The lowest BCUT2D eigenvalue weighted by molar-refractivity contribution is -0.0129. The Bertz CT molecular complexity index is 376. The van der Waals surface area contributed by atoms with Crippen LogP contribution in [0.25, 0.3) is 0 Å². The van der Waals surface area contributed by atoms with Gasteiger partial charge in [-0.15, -0.1) is 0 Å².